The summed E-state index contributed by atoms with van der Waals surface area (Å²) in [5.41, 5.74) is 1.62. The Morgan fingerprint density at radius 2 is 1.95 bits per heavy atom. The first-order valence-corrected chi connectivity index (χ1v) is 7.65. The molecule has 1 N–H and O–H groups in total. The minimum absolute atomic E-state index is 0.182. The van der Waals surface area contributed by atoms with Crippen molar-refractivity contribution in [1.29, 1.82) is 0 Å². The van der Waals surface area contributed by atoms with Crippen LogP contribution in [-0.4, -0.2) is 6.61 Å². The van der Waals surface area contributed by atoms with E-state index in [1.807, 2.05) is 24.3 Å². The van der Waals surface area contributed by atoms with Gasteiger partial charge in [-0.05, 0) is 52.9 Å². The number of hydrogen-bond acceptors (Lipinski definition) is 2. The second-order valence-corrected chi connectivity index (χ2v) is 6.04. The summed E-state index contributed by atoms with van der Waals surface area (Å²) in [5, 5.41) is 3.22. The molecule has 0 spiro atoms. The lowest BCUT2D eigenvalue weighted by molar-refractivity contribution is -0.0504. The second-order valence-electron chi connectivity index (χ2n) is 3.96. The van der Waals surface area contributed by atoms with Crippen LogP contribution < -0.4 is 10.1 Å². The van der Waals surface area contributed by atoms with Gasteiger partial charge in [0.05, 0.1) is 0 Å². The summed E-state index contributed by atoms with van der Waals surface area (Å²) in [4.78, 5) is 0. The number of halogens is 4. The molecule has 0 saturated heterocycles. The lowest BCUT2D eigenvalue weighted by Gasteiger charge is -2.13. The molecule has 106 valence electrons. The first kappa shape index (κ1) is 15.5. The van der Waals surface area contributed by atoms with Crippen molar-refractivity contribution in [2.45, 2.75) is 13.2 Å². The van der Waals surface area contributed by atoms with E-state index in [0.717, 1.165) is 13.7 Å². The Bertz CT molecular complexity index is 595. The van der Waals surface area contributed by atoms with E-state index >= 15 is 0 Å². The van der Waals surface area contributed by atoms with E-state index in [4.69, 9.17) is 0 Å². The Morgan fingerprint density at radius 3 is 2.65 bits per heavy atom. The van der Waals surface area contributed by atoms with Gasteiger partial charge in [-0.25, -0.2) is 0 Å². The standard InChI is InChI=1S/C14H11BrF2INO/c15-10-5-6-13(20-14(16)17)9(7-10)8-19-12-4-2-1-3-11(12)18/h1-7,14,19H,8H2. The molecule has 0 unspecified atom stereocenters. The fraction of sp³-hybridized carbons (Fsp3) is 0.143. The van der Waals surface area contributed by atoms with E-state index in [-0.39, 0.29) is 5.75 Å². The van der Waals surface area contributed by atoms with Gasteiger partial charge in [0.2, 0.25) is 0 Å². The number of ether oxygens (including phenoxy) is 1. The molecule has 0 aliphatic carbocycles. The molecule has 0 aliphatic heterocycles. The van der Waals surface area contributed by atoms with Crippen LogP contribution in [0.1, 0.15) is 5.56 Å². The number of benzene rings is 2. The van der Waals surface area contributed by atoms with Gasteiger partial charge >= 0.3 is 6.61 Å². The number of nitrogens with one attached hydrogen (secondary N) is 1. The van der Waals surface area contributed by atoms with E-state index in [1.54, 1.807) is 12.1 Å². The molecule has 0 heterocycles. The summed E-state index contributed by atoms with van der Waals surface area (Å²) < 4.78 is 31.2. The van der Waals surface area contributed by atoms with Gasteiger partial charge in [-0.3, -0.25) is 0 Å². The van der Waals surface area contributed by atoms with Crippen molar-refractivity contribution < 1.29 is 13.5 Å². The van der Waals surface area contributed by atoms with Crippen LogP contribution >= 0.6 is 38.5 Å². The van der Waals surface area contributed by atoms with Gasteiger partial charge in [0.1, 0.15) is 5.75 Å². The molecule has 0 amide bonds. The highest BCUT2D eigenvalue weighted by molar-refractivity contribution is 14.1. The third-order valence-corrected chi connectivity index (χ3v) is 4.02. The second kappa shape index (κ2) is 7.21. The molecule has 0 fully saturated rings. The molecular formula is C14H11BrF2INO. The van der Waals surface area contributed by atoms with Crippen LogP contribution in [0.5, 0.6) is 5.75 Å². The van der Waals surface area contributed by atoms with Crippen molar-refractivity contribution in [1.82, 2.24) is 0 Å². The predicted molar refractivity (Wildman–Crippen MR) is 87.3 cm³/mol. The van der Waals surface area contributed by atoms with Gasteiger partial charge in [-0.15, -0.1) is 0 Å². The van der Waals surface area contributed by atoms with Gasteiger partial charge in [-0.2, -0.15) is 8.78 Å². The largest absolute Gasteiger partial charge is 0.434 e. The van der Waals surface area contributed by atoms with Gasteiger partial charge in [0, 0.05) is 25.8 Å². The highest BCUT2D eigenvalue weighted by atomic mass is 127. The SMILES string of the molecule is FC(F)Oc1ccc(Br)cc1CNc1ccccc1I. The maximum atomic E-state index is 12.4. The molecular weight excluding hydrogens is 443 g/mol. The van der Waals surface area contributed by atoms with Crippen molar-refractivity contribution >= 4 is 44.2 Å². The van der Waals surface area contributed by atoms with Crippen molar-refractivity contribution in [3.63, 3.8) is 0 Å². The number of anilines is 1. The predicted octanol–water partition coefficient (Wildman–Crippen LogP) is 5.27. The minimum Gasteiger partial charge on any atom is -0.434 e. The minimum atomic E-state index is -2.83. The van der Waals surface area contributed by atoms with Crippen LogP contribution in [-0.2, 0) is 6.54 Å². The van der Waals surface area contributed by atoms with Crippen LogP contribution in [0.2, 0.25) is 0 Å². The number of rotatable bonds is 5. The molecule has 2 rings (SSSR count). The summed E-state index contributed by atoms with van der Waals surface area (Å²) in [5.74, 6) is 0.182. The van der Waals surface area contributed by atoms with Crippen molar-refractivity contribution in [3.8, 4) is 5.75 Å². The Labute approximate surface area is 137 Å². The third kappa shape index (κ3) is 4.31. The lowest BCUT2D eigenvalue weighted by Crippen LogP contribution is -2.07. The van der Waals surface area contributed by atoms with Crippen LogP contribution in [0.25, 0.3) is 0 Å². The first-order valence-electron chi connectivity index (χ1n) is 5.78. The molecule has 6 heteroatoms. The van der Waals surface area contributed by atoms with Gasteiger partial charge < -0.3 is 10.1 Å². The van der Waals surface area contributed by atoms with Gasteiger partial charge in [0.15, 0.2) is 0 Å². The van der Waals surface area contributed by atoms with Crippen LogP contribution in [0.15, 0.2) is 46.9 Å². The molecule has 0 aliphatic rings. The summed E-state index contributed by atoms with van der Waals surface area (Å²) in [6.07, 6.45) is 0. The topological polar surface area (TPSA) is 21.3 Å². The monoisotopic (exact) mass is 453 g/mol. The number of hydrogen-bond donors (Lipinski definition) is 1. The fourth-order valence-electron chi connectivity index (χ4n) is 1.69. The Kier molecular flexibility index (Phi) is 5.59. The molecule has 0 bridgehead atoms. The first-order chi connectivity index (χ1) is 9.56. The average molecular weight is 454 g/mol. The zero-order valence-electron chi connectivity index (χ0n) is 10.2. The molecule has 2 aromatic carbocycles. The molecule has 0 saturated carbocycles. The molecule has 2 aromatic rings. The molecule has 0 atom stereocenters. The highest BCUT2D eigenvalue weighted by Crippen LogP contribution is 2.26. The normalized spacial score (nSPS) is 10.7. The molecule has 0 aromatic heterocycles. The van der Waals surface area contributed by atoms with Gasteiger partial charge in [-0.1, -0.05) is 28.1 Å². The maximum Gasteiger partial charge on any atom is 0.387 e. The van der Waals surface area contributed by atoms with Gasteiger partial charge in [0.25, 0.3) is 0 Å². The van der Waals surface area contributed by atoms with E-state index in [1.165, 1.54) is 6.07 Å². The summed E-state index contributed by atoms with van der Waals surface area (Å²) >= 11 is 5.55. The fourth-order valence-corrected chi connectivity index (χ4v) is 2.68. The maximum absolute atomic E-state index is 12.4. The Morgan fingerprint density at radius 1 is 1.20 bits per heavy atom. The summed E-state index contributed by atoms with van der Waals surface area (Å²) in [6.45, 7) is -2.42. The van der Waals surface area contributed by atoms with E-state index in [2.05, 4.69) is 48.6 Å². The van der Waals surface area contributed by atoms with Crippen molar-refractivity contribution in [2.24, 2.45) is 0 Å². The Hall–Kier alpha value is -0.890. The zero-order valence-corrected chi connectivity index (χ0v) is 14.0. The van der Waals surface area contributed by atoms with Crippen LogP contribution in [0.4, 0.5) is 14.5 Å². The quantitative estimate of drug-likeness (QED) is 0.623. The summed E-state index contributed by atoms with van der Waals surface area (Å²) in [6, 6.07) is 12.7. The summed E-state index contributed by atoms with van der Waals surface area (Å²) in [7, 11) is 0. The molecule has 0 radical (unpaired) electrons. The Balaban J connectivity index is 2.16. The smallest absolute Gasteiger partial charge is 0.387 e. The van der Waals surface area contributed by atoms with Crippen LogP contribution in [0, 0.1) is 3.57 Å². The third-order valence-electron chi connectivity index (χ3n) is 2.58. The molecule has 20 heavy (non-hydrogen) atoms. The zero-order chi connectivity index (χ0) is 14.5. The van der Waals surface area contributed by atoms with Crippen LogP contribution in [0.3, 0.4) is 0 Å². The van der Waals surface area contributed by atoms with Crippen molar-refractivity contribution in [3.05, 3.63) is 56.1 Å². The average Bonchev–Trinajstić information content (AvgIpc) is 2.40. The van der Waals surface area contributed by atoms with E-state index in [9.17, 15) is 8.78 Å². The number of alkyl halides is 2. The van der Waals surface area contributed by atoms with E-state index < -0.39 is 6.61 Å². The van der Waals surface area contributed by atoms with E-state index in [0.29, 0.717) is 12.1 Å². The highest BCUT2D eigenvalue weighted by Gasteiger charge is 2.10. The lowest BCUT2D eigenvalue weighted by atomic mass is 10.2. The number of para-hydroxylation sites is 1. The van der Waals surface area contributed by atoms with Crippen molar-refractivity contribution in [2.75, 3.05) is 5.32 Å². The molecule has 2 nitrogen and oxygen atoms in total.